The number of hydrogen-bond acceptors (Lipinski definition) is 4. The fraction of sp³-hybridized carbons (Fsp3) is 0.194. The maximum Gasteiger partial charge on any atom is 0.225 e. The predicted molar refractivity (Wildman–Crippen MR) is 144 cm³/mol. The molecule has 0 fully saturated rings. The first-order valence-corrected chi connectivity index (χ1v) is 12.4. The molecule has 4 aromatic rings. The van der Waals surface area contributed by atoms with Crippen molar-refractivity contribution in [3.63, 3.8) is 0 Å². The lowest BCUT2D eigenvalue weighted by atomic mass is 9.90. The summed E-state index contributed by atoms with van der Waals surface area (Å²) < 4.78 is 0. The van der Waals surface area contributed by atoms with Crippen molar-refractivity contribution in [1.82, 2.24) is 9.97 Å². The molecule has 1 aliphatic rings. The summed E-state index contributed by atoms with van der Waals surface area (Å²) in [4.78, 5) is 22.7. The van der Waals surface area contributed by atoms with Crippen molar-refractivity contribution in [3.8, 4) is 11.3 Å². The lowest BCUT2D eigenvalue weighted by Crippen LogP contribution is -2.17. The number of carbonyl (C=O) groups is 1. The van der Waals surface area contributed by atoms with E-state index >= 15 is 0 Å². The van der Waals surface area contributed by atoms with Crippen LogP contribution in [-0.4, -0.2) is 21.0 Å². The molecule has 0 radical (unpaired) electrons. The molecule has 0 bridgehead atoms. The predicted octanol–water partition coefficient (Wildman–Crippen LogP) is 5.87. The van der Waals surface area contributed by atoms with E-state index in [1.54, 1.807) is 0 Å². The number of rotatable bonds is 8. The summed E-state index contributed by atoms with van der Waals surface area (Å²) in [7, 11) is 0. The van der Waals surface area contributed by atoms with E-state index < -0.39 is 0 Å². The zero-order valence-electron chi connectivity index (χ0n) is 20.2. The molecule has 36 heavy (non-hydrogen) atoms. The number of aromatic nitrogens is 2. The van der Waals surface area contributed by atoms with Gasteiger partial charge in [0.1, 0.15) is 5.69 Å². The Kier molecular flexibility index (Phi) is 7.29. The van der Waals surface area contributed by atoms with Gasteiger partial charge in [0.15, 0.2) is 5.82 Å². The molecule has 0 atom stereocenters. The minimum Gasteiger partial charge on any atom is -0.392 e. The number of carbonyl (C=O) groups excluding carboxylic acids is 1. The van der Waals surface area contributed by atoms with Crippen LogP contribution in [0.1, 0.15) is 46.5 Å². The molecule has 5 rings (SSSR count). The highest BCUT2D eigenvalue weighted by molar-refractivity contribution is 5.92. The molecular formula is C31H29N3O2. The van der Waals surface area contributed by atoms with Crippen LogP contribution in [0.15, 0.2) is 78.9 Å². The molecule has 1 heterocycles. The summed E-state index contributed by atoms with van der Waals surface area (Å²) >= 11 is 0. The van der Waals surface area contributed by atoms with Crippen LogP contribution in [0, 0.1) is 0 Å². The van der Waals surface area contributed by atoms with Gasteiger partial charge in [-0.05, 0) is 54.0 Å². The second-order valence-corrected chi connectivity index (χ2v) is 9.03. The molecule has 1 aromatic heterocycles. The fourth-order valence-corrected chi connectivity index (χ4v) is 4.55. The smallest absolute Gasteiger partial charge is 0.225 e. The van der Waals surface area contributed by atoms with E-state index in [0.717, 1.165) is 53.8 Å². The average Bonchev–Trinajstić information content (AvgIpc) is 2.92. The SMILES string of the molecule is O=C(CCCc1ccccc1)Nc1nc2c(nc1/C=C/c1ccccc1)-c1ccc(CO)cc1CC2. The van der Waals surface area contributed by atoms with E-state index in [1.807, 2.05) is 78.9 Å². The van der Waals surface area contributed by atoms with E-state index in [2.05, 4.69) is 17.4 Å². The number of nitrogens with one attached hydrogen (secondary N) is 1. The molecule has 1 amide bonds. The number of nitrogens with zero attached hydrogens (tertiary/aromatic N) is 2. The van der Waals surface area contributed by atoms with Crippen LogP contribution in [0.3, 0.4) is 0 Å². The lowest BCUT2D eigenvalue weighted by Gasteiger charge is -2.21. The average molecular weight is 476 g/mol. The van der Waals surface area contributed by atoms with Crippen molar-refractivity contribution in [2.24, 2.45) is 0 Å². The van der Waals surface area contributed by atoms with Gasteiger partial charge in [0.05, 0.1) is 18.0 Å². The summed E-state index contributed by atoms with van der Waals surface area (Å²) in [5.74, 6) is 0.444. The normalized spacial score (nSPS) is 12.2. The highest BCUT2D eigenvalue weighted by Crippen LogP contribution is 2.34. The molecule has 2 N–H and O–H groups in total. The van der Waals surface area contributed by atoms with Gasteiger partial charge in [-0.25, -0.2) is 9.97 Å². The number of benzene rings is 3. The maximum atomic E-state index is 12.8. The third-order valence-corrected chi connectivity index (χ3v) is 6.44. The van der Waals surface area contributed by atoms with Crippen LogP contribution in [0.5, 0.6) is 0 Å². The minimum atomic E-state index is -0.0571. The fourth-order valence-electron chi connectivity index (χ4n) is 4.55. The van der Waals surface area contributed by atoms with Gasteiger partial charge in [-0.3, -0.25) is 4.79 Å². The Morgan fingerprint density at radius 1 is 0.889 bits per heavy atom. The Morgan fingerprint density at radius 3 is 2.44 bits per heavy atom. The largest absolute Gasteiger partial charge is 0.392 e. The zero-order chi connectivity index (χ0) is 24.7. The monoisotopic (exact) mass is 475 g/mol. The van der Waals surface area contributed by atoms with Crippen LogP contribution >= 0.6 is 0 Å². The highest BCUT2D eigenvalue weighted by atomic mass is 16.3. The first kappa shape index (κ1) is 23.6. The summed E-state index contributed by atoms with van der Waals surface area (Å²) in [6.07, 6.45) is 7.51. The Morgan fingerprint density at radius 2 is 1.67 bits per heavy atom. The van der Waals surface area contributed by atoms with Crippen molar-refractivity contribution in [1.29, 1.82) is 0 Å². The number of anilines is 1. The van der Waals surface area contributed by atoms with Gasteiger partial charge < -0.3 is 10.4 Å². The Bertz CT molecular complexity index is 1380. The quantitative estimate of drug-likeness (QED) is 0.334. The Hall–Kier alpha value is -4.09. The molecule has 3 aromatic carbocycles. The molecular weight excluding hydrogens is 446 g/mol. The molecule has 0 saturated carbocycles. The summed E-state index contributed by atoms with van der Waals surface area (Å²) in [6, 6.07) is 26.2. The van der Waals surface area contributed by atoms with Crippen LogP contribution < -0.4 is 5.32 Å². The lowest BCUT2D eigenvalue weighted by molar-refractivity contribution is -0.116. The summed E-state index contributed by atoms with van der Waals surface area (Å²) in [5.41, 5.74) is 7.74. The van der Waals surface area contributed by atoms with Gasteiger partial charge in [-0.2, -0.15) is 0 Å². The van der Waals surface area contributed by atoms with Crippen molar-refractivity contribution in [3.05, 3.63) is 113 Å². The van der Waals surface area contributed by atoms with Crippen LogP contribution in [0.2, 0.25) is 0 Å². The number of aliphatic hydroxyl groups excluding tert-OH is 1. The first-order chi connectivity index (χ1) is 17.7. The van der Waals surface area contributed by atoms with E-state index in [1.165, 1.54) is 11.1 Å². The van der Waals surface area contributed by atoms with E-state index in [0.29, 0.717) is 17.9 Å². The molecule has 5 nitrogen and oxygen atoms in total. The van der Waals surface area contributed by atoms with Gasteiger partial charge in [-0.1, -0.05) is 84.9 Å². The molecule has 5 heteroatoms. The van der Waals surface area contributed by atoms with E-state index in [4.69, 9.17) is 9.97 Å². The van der Waals surface area contributed by atoms with Gasteiger partial charge >= 0.3 is 0 Å². The molecule has 0 unspecified atom stereocenters. The van der Waals surface area contributed by atoms with Gasteiger partial charge in [0.2, 0.25) is 5.91 Å². The Balaban J connectivity index is 1.41. The molecule has 180 valence electrons. The second-order valence-electron chi connectivity index (χ2n) is 9.03. The third kappa shape index (κ3) is 5.58. The number of fused-ring (bicyclic) bond motifs is 3. The van der Waals surface area contributed by atoms with Gasteiger partial charge in [0, 0.05) is 12.0 Å². The third-order valence-electron chi connectivity index (χ3n) is 6.44. The number of aliphatic hydroxyl groups is 1. The van der Waals surface area contributed by atoms with E-state index in [9.17, 15) is 9.90 Å². The summed E-state index contributed by atoms with van der Waals surface area (Å²) in [6.45, 7) is 0.0200. The molecule has 1 aliphatic carbocycles. The minimum absolute atomic E-state index is 0.0200. The highest BCUT2D eigenvalue weighted by Gasteiger charge is 2.22. The number of hydrogen-bond donors (Lipinski definition) is 2. The maximum absolute atomic E-state index is 12.8. The number of amides is 1. The van der Waals surface area contributed by atoms with Crippen molar-refractivity contribution in [2.75, 3.05) is 5.32 Å². The van der Waals surface area contributed by atoms with Gasteiger partial charge in [-0.15, -0.1) is 0 Å². The van der Waals surface area contributed by atoms with Crippen molar-refractivity contribution >= 4 is 23.9 Å². The van der Waals surface area contributed by atoms with Crippen molar-refractivity contribution < 1.29 is 9.90 Å². The second kappa shape index (κ2) is 11.1. The van der Waals surface area contributed by atoms with Crippen LogP contribution in [0.4, 0.5) is 5.82 Å². The summed E-state index contributed by atoms with van der Waals surface area (Å²) in [5, 5.41) is 12.6. The van der Waals surface area contributed by atoms with Gasteiger partial charge in [0.25, 0.3) is 0 Å². The van der Waals surface area contributed by atoms with Crippen LogP contribution in [-0.2, 0) is 30.7 Å². The number of aryl methyl sites for hydroxylation is 3. The first-order valence-electron chi connectivity index (χ1n) is 12.4. The van der Waals surface area contributed by atoms with E-state index in [-0.39, 0.29) is 12.5 Å². The zero-order valence-corrected chi connectivity index (χ0v) is 20.2. The molecule has 0 aliphatic heterocycles. The molecule has 0 spiro atoms. The standard InChI is InChI=1S/C31H29N3O2/c35-21-24-14-17-26-25(20-24)16-19-27-30(26)32-28(18-15-23-10-5-2-6-11-23)31(33-27)34-29(36)13-7-12-22-8-3-1-4-9-22/h1-6,8-11,14-15,17-18,20,35H,7,12-13,16,19,21H2,(H,33,34,36)/b18-15+. The molecule has 0 saturated heterocycles. The van der Waals surface area contributed by atoms with Crippen LogP contribution in [0.25, 0.3) is 23.4 Å². The Labute approximate surface area is 211 Å². The van der Waals surface area contributed by atoms with Crippen molar-refractivity contribution in [2.45, 2.75) is 38.7 Å². The topological polar surface area (TPSA) is 75.1 Å².